The molecule has 4 N–H and O–H groups in total. The number of amides is 2. The summed E-state index contributed by atoms with van der Waals surface area (Å²) >= 11 is 0. The Morgan fingerprint density at radius 2 is 0.977 bits per heavy atom. The SMILES string of the molecule is Cc1cc(CCC(=O)OCCNC(=O)C(=O)NCCOC(=O)CCc2cc(C)c(O)c(C(C)(C)C)c2)cc(C(C)(C)C)c1O. The predicted molar refractivity (Wildman–Crippen MR) is 168 cm³/mol. The van der Waals surface area contributed by atoms with Crippen molar-refractivity contribution in [3.63, 3.8) is 0 Å². The highest BCUT2D eigenvalue weighted by molar-refractivity contribution is 6.35. The molecule has 0 spiro atoms. The van der Waals surface area contributed by atoms with Crippen LogP contribution in [0.3, 0.4) is 0 Å². The van der Waals surface area contributed by atoms with E-state index >= 15 is 0 Å². The first-order valence-corrected chi connectivity index (χ1v) is 14.9. The lowest BCUT2D eigenvalue weighted by Crippen LogP contribution is -2.42. The molecule has 0 aliphatic carbocycles. The van der Waals surface area contributed by atoms with Crippen molar-refractivity contribution in [3.8, 4) is 11.5 Å². The molecule has 0 radical (unpaired) electrons. The second kappa shape index (κ2) is 15.6. The monoisotopic (exact) mass is 612 g/mol. The van der Waals surface area contributed by atoms with Crippen LogP contribution in [0.25, 0.3) is 0 Å². The number of phenolic OH excluding ortho intramolecular Hbond substituents is 2. The predicted octanol–water partition coefficient (Wildman–Crippen LogP) is 4.19. The van der Waals surface area contributed by atoms with Crippen LogP contribution in [0, 0.1) is 13.8 Å². The molecule has 2 amide bonds. The summed E-state index contributed by atoms with van der Waals surface area (Å²) in [5.74, 6) is -2.14. The van der Waals surface area contributed by atoms with Crippen molar-refractivity contribution in [3.05, 3.63) is 57.6 Å². The summed E-state index contributed by atoms with van der Waals surface area (Å²) < 4.78 is 10.3. The Kier molecular flexibility index (Phi) is 12.8. The number of benzene rings is 2. The van der Waals surface area contributed by atoms with Crippen LogP contribution in [0.5, 0.6) is 11.5 Å². The molecule has 0 heterocycles. The van der Waals surface area contributed by atoms with Crippen molar-refractivity contribution in [2.24, 2.45) is 0 Å². The Bertz CT molecular complexity index is 1250. The minimum Gasteiger partial charge on any atom is -0.507 e. The van der Waals surface area contributed by atoms with Crippen LogP contribution in [0.1, 0.15) is 87.8 Å². The third-order valence-electron chi connectivity index (χ3n) is 7.08. The summed E-state index contributed by atoms with van der Waals surface area (Å²) in [4.78, 5) is 48.3. The molecule has 0 atom stereocenters. The van der Waals surface area contributed by atoms with E-state index in [2.05, 4.69) is 10.6 Å². The van der Waals surface area contributed by atoms with Crippen molar-refractivity contribution in [1.29, 1.82) is 0 Å². The van der Waals surface area contributed by atoms with E-state index in [1.165, 1.54) is 0 Å². The molecule has 10 nitrogen and oxygen atoms in total. The van der Waals surface area contributed by atoms with E-state index < -0.39 is 23.8 Å². The number of hydrogen-bond donors (Lipinski definition) is 4. The fraction of sp³-hybridized carbons (Fsp3) is 0.529. The van der Waals surface area contributed by atoms with Crippen LogP contribution in [-0.4, -0.2) is 60.3 Å². The maximum absolute atomic E-state index is 12.2. The van der Waals surface area contributed by atoms with Gasteiger partial charge in [-0.15, -0.1) is 0 Å². The number of hydrogen-bond acceptors (Lipinski definition) is 8. The van der Waals surface area contributed by atoms with Gasteiger partial charge in [-0.2, -0.15) is 0 Å². The van der Waals surface area contributed by atoms with Crippen LogP contribution < -0.4 is 10.6 Å². The zero-order chi connectivity index (χ0) is 33.2. The maximum Gasteiger partial charge on any atom is 0.309 e. The molecule has 2 rings (SSSR count). The quantitative estimate of drug-likeness (QED) is 0.158. The number of aryl methyl sites for hydroxylation is 4. The number of carbonyl (C=O) groups is 4. The summed E-state index contributed by atoms with van der Waals surface area (Å²) in [6.45, 7) is 15.4. The van der Waals surface area contributed by atoms with Crippen molar-refractivity contribution in [2.75, 3.05) is 26.3 Å². The second-order valence-electron chi connectivity index (χ2n) is 13.1. The van der Waals surface area contributed by atoms with Crippen LogP contribution in [0.15, 0.2) is 24.3 Å². The highest BCUT2D eigenvalue weighted by atomic mass is 16.5. The first-order valence-electron chi connectivity index (χ1n) is 14.9. The normalized spacial score (nSPS) is 11.5. The first kappa shape index (κ1) is 36.1. The molecule has 0 saturated heterocycles. The van der Waals surface area contributed by atoms with Gasteiger partial charge in [-0.05, 0) is 70.9 Å². The third kappa shape index (κ3) is 11.2. The molecule has 0 aliphatic rings. The number of nitrogens with one attached hydrogen (secondary N) is 2. The molecule has 44 heavy (non-hydrogen) atoms. The summed E-state index contributed by atoms with van der Waals surface area (Å²) in [5, 5.41) is 25.5. The number of esters is 2. The minimum absolute atomic E-state index is 0.0346. The van der Waals surface area contributed by atoms with Gasteiger partial charge in [0.05, 0.1) is 13.1 Å². The fourth-order valence-electron chi connectivity index (χ4n) is 4.60. The number of rotatable bonds is 12. The van der Waals surface area contributed by atoms with Crippen LogP contribution in [0.4, 0.5) is 0 Å². The first-order chi connectivity index (χ1) is 20.4. The molecule has 0 fully saturated rings. The molecule has 0 aromatic heterocycles. The number of phenols is 2. The average molecular weight is 613 g/mol. The molecular weight excluding hydrogens is 564 g/mol. The Labute approximate surface area is 260 Å². The lowest BCUT2D eigenvalue weighted by molar-refractivity contribution is -0.145. The summed E-state index contributed by atoms with van der Waals surface area (Å²) in [7, 11) is 0. The van der Waals surface area contributed by atoms with E-state index in [9.17, 15) is 29.4 Å². The molecule has 0 aliphatic heterocycles. The lowest BCUT2D eigenvalue weighted by Gasteiger charge is -2.22. The topological polar surface area (TPSA) is 151 Å². The van der Waals surface area contributed by atoms with Gasteiger partial charge in [-0.25, -0.2) is 0 Å². The standard InChI is InChI=1S/C34H48N2O8/c1-21-17-23(19-25(29(21)39)33(3,4)5)9-11-27(37)43-15-13-35-31(41)32(42)36-14-16-44-28(38)12-10-24-18-22(2)30(40)26(20-24)34(6,7)8/h17-20,39-40H,9-16H2,1-8H3,(H,35,41)(H,36,42). The Hall–Kier alpha value is -4.08. The van der Waals surface area contributed by atoms with E-state index in [0.717, 1.165) is 33.4 Å². The van der Waals surface area contributed by atoms with Crippen molar-refractivity contribution in [1.82, 2.24) is 10.6 Å². The fourth-order valence-corrected chi connectivity index (χ4v) is 4.60. The highest BCUT2D eigenvalue weighted by Gasteiger charge is 2.22. The van der Waals surface area contributed by atoms with Crippen molar-refractivity contribution in [2.45, 2.75) is 91.9 Å². The van der Waals surface area contributed by atoms with Crippen molar-refractivity contribution >= 4 is 23.8 Å². The smallest absolute Gasteiger partial charge is 0.309 e. The van der Waals surface area contributed by atoms with E-state index in [1.54, 1.807) is 0 Å². The molecule has 2 aromatic carbocycles. The Balaban J connectivity index is 1.63. The van der Waals surface area contributed by atoms with Gasteiger partial charge in [0.25, 0.3) is 0 Å². The zero-order valence-corrected chi connectivity index (χ0v) is 27.3. The van der Waals surface area contributed by atoms with Crippen molar-refractivity contribution < 1.29 is 38.9 Å². The second-order valence-corrected chi connectivity index (χ2v) is 13.1. The van der Waals surface area contributed by atoms with E-state index in [0.29, 0.717) is 12.8 Å². The summed E-state index contributed by atoms with van der Waals surface area (Å²) in [5.41, 5.74) is 4.47. The van der Waals surface area contributed by atoms with Crippen LogP contribution in [-0.2, 0) is 52.3 Å². The molecule has 2 aromatic rings. The average Bonchev–Trinajstić information content (AvgIpc) is 2.92. The van der Waals surface area contributed by atoms with Gasteiger partial charge in [0.1, 0.15) is 24.7 Å². The van der Waals surface area contributed by atoms with Gasteiger partial charge < -0.3 is 30.3 Å². The van der Waals surface area contributed by atoms with Crippen LogP contribution >= 0.6 is 0 Å². The molecular formula is C34H48N2O8. The van der Waals surface area contributed by atoms with Gasteiger partial charge in [-0.3, -0.25) is 19.2 Å². The zero-order valence-electron chi connectivity index (χ0n) is 27.3. The van der Waals surface area contributed by atoms with Gasteiger partial charge in [0.15, 0.2) is 0 Å². The van der Waals surface area contributed by atoms with Gasteiger partial charge in [0, 0.05) is 12.8 Å². The molecule has 242 valence electrons. The van der Waals surface area contributed by atoms with E-state index in [-0.39, 0.29) is 61.5 Å². The number of aromatic hydroxyl groups is 2. The molecule has 0 saturated carbocycles. The molecule has 0 bridgehead atoms. The van der Waals surface area contributed by atoms with Gasteiger partial charge in [0.2, 0.25) is 0 Å². The van der Waals surface area contributed by atoms with Crippen LogP contribution in [0.2, 0.25) is 0 Å². The van der Waals surface area contributed by atoms with Gasteiger partial charge in [-0.1, -0.05) is 65.8 Å². The number of ether oxygens (including phenoxy) is 2. The Morgan fingerprint density at radius 1 is 0.636 bits per heavy atom. The maximum atomic E-state index is 12.2. The van der Waals surface area contributed by atoms with E-state index in [4.69, 9.17) is 9.47 Å². The molecule has 0 unspecified atom stereocenters. The minimum atomic E-state index is -0.890. The summed E-state index contributed by atoms with van der Waals surface area (Å²) in [6, 6.07) is 7.49. The highest BCUT2D eigenvalue weighted by Crippen LogP contribution is 2.35. The summed E-state index contributed by atoms with van der Waals surface area (Å²) in [6.07, 6.45) is 1.15. The number of carbonyl (C=O) groups excluding carboxylic acids is 4. The lowest BCUT2D eigenvalue weighted by atomic mass is 9.83. The van der Waals surface area contributed by atoms with E-state index in [1.807, 2.05) is 79.7 Å². The Morgan fingerprint density at radius 3 is 1.30 bits per heavy atom. The third-order valence-corrected chi connectivity index (χ3v) is 7.08. The molecule has 10 heteroatoms. The van der Waals surface area contributed by atoms with Gasteiger partial charge >= 0.3 is 23.8 Å². The largest absolute Gasteiger partial charge is 0.507 e.